The van der Waals surface area contributed by atoms with Crippen molar-refractivity contribution < 1.29 is 14.3 Å². The SMILES string of the molecule is CCOC(=O)c1ccc(C#Cc2ccc(OCC=C(C)SC)cc2)nc1. The molecular weight excluding hydrogens is 346 g/mol. The molecule has 4 nitrogen and oxygen atoms in total. The third-order valence-electron chi connectivity index (χ3n) is 3.41. The van der Waals surface area contributed by atoms with Gasteiger partial charge in [0.2, 0.25) is 0 Å². The summed E-state index contributed by atoms with van der Waals surface area (Å²) in [6.07, 6.45) is 5.56. The zero-order valence-electron chi connectivity index (χ0n) is 15.1. The van der Waals surface area contributed by atoms with Gasteiger partial charge in [0.1, 0.15) is 18.1 Å². The van der Waals surface area contributed by atoms with Gasteiger partial charge >= 0.3 is 5.97 Å². The largest absolute Gasteiger partial charge is 0.490 e. The van der Waals surface area contributed by atoms with Crippen LogP contribution in [0.4, 0.5) is 0 Å². The highest BCUT2D eigenvalue weighted by Crippen LogP contribution is 2.13. The summed E-state index contributed by atoms with van der Waals surface area (Å²) in [5.74, 6) is 6.45. The average Bonchev–Trinajstić information content (AvgIpc) is 2.67. The van der Waals surface area contributed by atoms with Crippen molar-refractivity contribution in [2.24, 2.45) is 0 Å². The molecule has 2 aromatic rings. The number of ether oxygens (including phenoxy) is 2. The number of rotatable bonds is 6. The normalized spacial score (nSPS) is 10.7. The number of pyridine rings is 1. The molecule has 1 aromatic carbocycles. The molecule has 1 heterocycles. The summed E-state index contributed by atoms with van der Waals surface area (Å²) >= 11 is 1.70. The van der Waals surface area contributed by atoms with Crippen molar-refractivity contribution in [2.75, 3.05) is 19.5 Å². The second kappa shape index (κ2) is 10.3. The first-order valence-corrected chi connectivity index (χ1v) is 9.43. The molecule has 0 bridgehead atoms. The van der Waals surface area contributed by atoms with Crippen LogP contribution in [0.1, 0.15) is 35.5 Å². The van der Waals surface area contributed by atoms with Gasteiger partial charge in [-0.1, -0.05) is 5.92 Å². The van der Waals surface area contributed by atoms with Crippen LogP contribution in [0.5, 0.6) is 5.75 Å². The van der Waals surface area contributed by atoms with Gasteiger partial charge in [0, 0.05) is 11.8 Å². The topological polar surface area (TPSA) is 48.4 Å². The number of carbonyl (C=O) groups is 1. The van der Waals surface area contributed by atoms with Crippen molar-refractivity contribution in [1.29, 1.82) is 0 Å². The Labute approximate surface area is 158 Å². The van der Waals surface area contributed by atoms with Crippen LogP contribution in [-0.2, 0) is 4.74 Å². The third kappa shape index (κ3) is 6.30. The third-order valence-corrected chi connectivity index (χ3v) is 4.22. The van der Waals surface area contributed by atoms with Gasteiger partial charge in [-0.25, -0.2) is 9.78 Å². The quantitative estimate of drug-likeness (QED) is 0.563. The highest BCUT2D eigenvalue weighted by Gasteiger charge is 2.05. The van der Waals surface area contributed by atoms with Crippen LogP contribution in [0.25, 0.3) is 0 Å². The number of benzene rings is 1. The first-order valence-electron chi connectivity index (χ1n) is 8.21. The van der Waals surface area contributed by atoms with Gasteiger partial charge in [-0.05, 0) is 73.4 Å². The maximum Gasteiger partial charge on any atom is 0.339 e. The number of esters is 1. The first-order chi connectivity index (χ1) is 12.6. The molecule has 5 heteroatoms. The molecule has 0 saturated heterocycles. The molecule has 0 amide bonds. The molecule has 0 saturated carbocycles. The van der Waals surface area contributed by atoms with Crippen LogP contribution >= 0.6 is 11.8 Å². The smallest absolute Gasteiger partial charge is 0.339 e. The van der Waals surface area contributed by atoms with E-state index in [2.05, 4.69) is 23.7 Å². The molecule has 1 aromatic heterocycles. The van der Waals surface area contributed by atoms with E-state index in [4.69, 9.17) is 9.47 Å². The lowest BCUT2D eigenvalue weighted by Crippen LogP contribution is -2.05. The van der Waals surface area contributed by atoms with Gasteiger partial charge in [-0.2, -0.15) is 0 Å². The Balaban J connectivity index is 1.96. The number of carbonyl (C=O) groups excluding carboxylic acids is 1. The number of nitrogens with zero attached hydrogens (tertiary/aromatic N) is 1. The number of hydrogen-bond donors (Lipinski definition) is 0. The molecule has 2 rings (SSSR count). The van der Waals surface area contributed by atoms with Crippen molar-refractivity contribution >= 4 is 17.7 Å². The molecule has 134 valence electrons. The Morgan fingerprint density at radius 1 is 1.19 bits per heavy atom. The van der Waals surface area contributed by atoms with Crippen molar-refractivity contribution in [3.63, 3.8) is 0 Å². The maximum atomic E-state index is 11.6. The van der Waals surface area contributed by atoms with Gasteiger partial charge in [0.15, 0.2) is 0 Å². The molecule has 0 N–H and O–H groups in total. The monoisotopic (exact) mass is 367 g/mol. The molecule has 26 heavy (non-hydrogen) atoms. The van der Waals surface area contributed by atoms with Gasteiger partial charge in [0.25, 0.3) is 0 Å². The maximum absolute atomic E-state index is 11.6. The molecule has 0 atom stereocenters. The molecule has 0 aliphatic heterocycles. The van der Waals surface area contributed by atoms with E-state index in [1.54, 1.807) is 30.8 Å². The van der Waals surface area contributed by atoms with Crippen LogP contribution in [0.2, 0.25) is 0 Å². The summed E-state index contributed by atoms with van der Waals surface area (Å²) < 4.78 is 10.6. The molecule has 0 radical (unpaired) electrons. The lowest BCUT2D eigenvalue weighted by atomic mass is 10.2. The Bertz CT molecular complexity index is 815. The minimum absolute atomic E-state index is 0.341. The van der Waals surface area contributed by atoms with Crippen LogP contribution in [-0.4, -0.2) is 30.4 Å². The van der Waals surface area contributed by atoms with Crippen LogP contribution in [0.3, 0.4) is 0 Å². The minimum Gasteiger partial charge on any atom is -0.490 e. The number of hydrogen-bond acceptors (Lipinski definition) is 5. The lowest BCUT2D eigenvalue weighted by molar-refractivity contribution is 0.0526. The second-order valence-electron chi connectivity index (χ2n) is 5.26. The fourth-order valence-corrected chi connectivity index (χ4v) is 2.15. The summed E-state index contributed by atoms with van der Waals surface area (Å²) in [6, 6.07) is 11.0. The molecule has 0 aliphatic rings. The summed E-state index contributed by atoms with van der Waals surface area (Å²) in [6.45, 7) is 4.71. The minimum atomic E-state index is -0.377. The molecular formula is C21H21NO3S. The molecule has 0 spiro atoms. The van der Waals surface area contributed by atoms with Crippen molar-refractivity contribution in [2.45, 2.75) is 13.8 Å². The first kappa shape index (κ1) is 19.6. The van der Waals surface area contributed by atoms with E-state index >= 15 is 0 Å². The van der Waals surface area contributed by atoms with E-state index in [-0.39, 0.29) is 5.97 Å². The van der Waals surface area contributed by atoms with Gasteiger partial charge < -0.3 is 9.47 Å². The standard InChI is InChI=1S/C21H21NO3S/c1-4-24-21(23)18-8-10-19(22-15-18)9-5-17-6-11-20(12-7-17)25-14-13-16(2)26-3/h6-8,10-13,15H,4,14H2,1-3H3. The van der Waals surface area contributed by atoms with E-state index in [1.165, 1.54) is 11.1 Å². The van der Waals surface area contributed by atoms with E-state index in [9.17, 15) is 4.79 Å². The zero-order valence-corrected chi connectivity index (χ0v) is 15.9. The second-order valence-corrected chi connectivity index (χ2v) is 6.31. The summed E-state index contributed by atoms with van der Waals surface area (Å²) in [5, 5.41) is 0. The lowest BCUT2D eigenvalue weighted by Gasteiger charge is -2.03. The number of allylic oxidation sites excluding steroid dienone is 1. The van der Waals surface area contributed by atoms with Gasteiger partial charge in [-0.3, -0.25) is 0 Å². The zero-order chi connectivity index (χ0) is 18.8. The summed E-state index contributed by atoms with van der Waals surface area (Å²) in [5.41, 5.74) is 1.88. The van der Waals surface area contributed by atoms with Crippen molar-refractivity contribution in [3.8, 4) is 17.6 Å². The average molecular weight is 367 g/mol. The van der Waals surface area contributed by atoms with E-state index < -0.39 is 0 Å². The summed E-state index contributed by atoms with van der Waals surface area (Å²) in [4.78, 5) is 17.0. The van der Waals surface area contributed by atoms with Crippen molar-refractivity contribution in [1.82, 2.24) is 4.98 Å². The van der Waals surface area contributed by atoms with Gasteiger partial charge in [-0.15, -0.1) is 11.8 Å². The predicted molar refractivity (Wildman–Crippen MR) is 105 cm³/mol. The summed E-state index contributed by atoms with van der Waals surface area (Å²) in [7, 11) is 0. The van der Waals surface area contributed by atoms with E-state index in [0.29, 0.717) is 24.5 Å². The van der Waals surface area contributed by atoms with Crippen molar-refractivity contribution in [3.05, 3.63) is 70.4 Å². The Morgan fingerprint density at radius 2 is 1.96 bits per heavy atom. The number of aromatic nitrogens is 1. The Hall–Kier alpha value is -2.71. The van der Waals surface area contributed by atoms with Gasteiger partial charge in [0.05, 0.1) is 12.2 Å². The predicted octanol–water partition coefficient (Wildman–Crippen LogP) is 4.30. The van der Waals surface area contributed by atoms with Crippen LogP contribution in [0, 0.1) is 11.8 Å². The highest BCUT2D eigenvalue weighted by molar-refractivity contribution is 8.02. The molecule has 0 unspecified atom stereocenters. The Kier molecular flexibility index (Phi) is 7.78. The van der Waals surface area contributed by atoms with E-state index in [0.717, 1.165) is 11.3 Å². The highest BCUT2D eigenvalue weighted by atomic mass is 32.2. The number of thioether (sulfide) groups is 1. The Morgan fingerprint density at radius 3 is 2.58 bits per heavy atom. The fraction of sp³-hybridized carbons (Fsp3) is 0.238. The van der Waals surface area contributed by atoms with Crippen LogP contribution in [0.15, 0.2) is 53.6 Å². The molecule has 0 fully saturated rings. The van der Waals surface area contributed by atoms with Crippen LogP contribution < -0.4 is 4.74 Å². The van der Waals surface area contributed by atoms with E-state index in [1.807, 2.05) is 36.6 Å². The fourth-order valence-electron chi connectivity index (χ4n) is 1.91. The molecule has 0 aliphatic carbocycles.